The van der Waals surface area contributed by atoms with E-state index >= 15 is 4.79 Å². The fraction of sp³-hybridized carbons (Fsp3) is 0.233. The number of carbonyl (C=O) groups is 7. The van der Waals surface area contributed by atoms with Crippen molar-refractivity contribution in [2.24, 2.45) is 5.16 Å². The number of methoxy groups -OCH3 is 1. The van der Waals surface area contributed by atoms with Crippen LogP contribution < -0.4 is 24.8 Å². The first-order valence-electron chi connectivity index (χ1n) is 26.1. The third-order valence-electron chi connectivity index (χ3n) is 12.7. The molecule has 0 bridgehead atoms. The summed E-state index contributed by atoms with van der Waals surface area (Å²) in [6.45, 7) is 7.05. The number of hydrogen-bond donors (Lipinski definition) is 4. The number of aromatic carboxylic acids is 1. The normalized spacial score (nSPS) is 15.3. The summed E-state index contributed by atoms with van der Waals surface area (Å²) in [6.07, 6.45) is 0. The number of carboxylic acid groups (broad SMARTS) is 1. The van der Waals surface area contributed by atoms with Gasteiger partial charge in [-0.25, -0.2) is 19.4 Å². The number of carbonyl (C=O) groups excluding carboxylic acids is 6. The molecule has 7 aromatic rings. The Hall–Kier alpha value is -8.69. The number of amides is 2. The van der Waals surface area contributed by atoms with E-state index in [1.165, 1.54) is 48.9 Å². The summed E-state index contributed by atoms with van der Waals surface area (Å²) in [5, 5.41) is 31.8. The van der Waals surface area contributed by atoms with Crippen molar-refractivity contribution in [3.8, 4) is 23.1 Å². The van der Waals surface area contributed by atoms with Crippen molar-refractivity contribution < 1.29 is 72.3 Å². The van der Waals surface area contributed by atoms with E-state index < -0.39 is 86.8 Å². The second-order valence-electron chi connectivity index (χ2n) is 19.8. The summed E-state index contributed by atoms with van der Waals surface area (Å²) in [5.74, 6) is -6.52. The molecule has 9 rings (SSSR count). The van der Waals surface area contributed by atoms with E-state index in [2.05, 4.69) is 20.2 Å². The molecule has 1 saturated heterocycles. The Morgan fingerprint density at radius 3 is 2.03 bits per heavy atom. The third-order valence-corrected chi connectivity index (χ3v) is 18.0. The highest BCUT2D eigenvalue weighted by Crippen LogP contribution is 2.45. The number of β-lactam (4-membered cyclic amide) rings is 1. The number of benzene rings is 5. The Morgan fingerprint density at radius 2 is 1.45 bits per heavy atom. The fourth-order valence-electron chi connectivity index (χ4n) is 8.94. The van der Waals surface area contributed by atoms with Crippen LogP contribution >= 0.6 is 58.2 Å². The van der Waals surface area contributed by atoms with Crippen LogP contribution in [0.4, 0.5) is 5.13 Å². The third kappa shape index (κ3) is 14.3. The van der Waals surface area contributed by atoms with Crippen molar-refractivity contribution in [2.75, 3.05) is 23.9 Å². The van der Waals surface area contributed by atoms with Crippen molar-refractivity contribution >= 4 is 111 Å². The molecule has 86 heavy (non-hydrogen) atoms. The van der Waals surface area contributed by atoms with Crippen LogP contribution in [0.2, 0.25) is 0 Å². The monoisotopic (exact) mass is 1260 g/mol. The number of nitrogens with one attached hydrogen (secondary N) is 2. The van der Waals surface area contributed by atoms with E-state index in [0.717, 1.165) is 70.0 Å². The summed E-state index contributed by atoms with van der Waals surface area (Å²) >= 11 is 4.87. The zero-order valence-corrected chi connectivity index (χ0v) is 50.7. The number of aromatic hydroxyl groups is 1. The molecule has 0 spiro atoms. The topological polar surface area (TPSA) is 281 Å². The standard InChI is InChI=1S/C60H54N6O15S5/c1-33(67)78-43-27-26-41(28-44(43)79-34(2)68)85-56(55(75)80-59(3,4)5)81-64-46(42-32-84-58(61-42)63-60(37-16-10-7-11-17-37,38-18-12-8-13-19-38)39-20-14-9-15-21-39)50(70)62-47-51(71)66-48(54(74)77-29-35-22-24-40(76-6)25-23-35)36(30-82-52(47)66)31-83-57-45(53(72)73)49(69)65-86-57/h7-28,32,47,52,56H,29-31H2,1-6H3,(H,61,63)(H,62,70)(H,65,69)(H,72,73)/b64-46-. The van der Waals surface area contributed by atoms with Crippen LogP contribution in [-0.2, 0) is 55.2 Å². The number of ether oxygens (including phenoxy) is 5. The predicted octanol–water partition coefficient (Wildman–Crippen LogP) is 9.64. The van der Waals surface area contributed by atoms with E-state index in [1.54, 1.807) is 50.4 Å². The van der Waals surface area contributed by atoms with E-state index in [-0.39, 0.29) is 50.1 Å². The molecule has 3 unspecified atom stereocenters. The molecule has 0 aliphatic carbocycles. The number of anilines is 1. The number of carboxylic acids is 1. The molecule has 2 amide bonds. The molecule has 3 atom stereocenters. The molecule has 2 aromatic heterocycles. The number of esters is 4. The first-order valence-corrected chi connectivity index (χ1v) is 30.7. The Labute approximate surface area is 513 Å². The Balaban J connectivity index is 1.08. The van der Waals surface area contributed by atoms with Crippen LogP contribution in [0, 0.1) is 0 Å². The molecule has 4 heterocycles. The molecule has 2 aliphatic heterocycles. The summed E-state index contributed by atoms with van der Waals surface area (Å²) < 4.78 is 31.4. The van der Waals surface area contributed by atoms with Gasteiger partial charge in [-0.15, -0.1) is 34.9 Å². The van der Waals surface area contributed by atoms with E-state index in [1.807, 2.05) is 91.0 Å². The molecule has 5 aromatic carbocycles. The number of thioether (sulfide) groups is 3. The van der Waals surface area contributed by atoms with Gasteiger partial charge in [-0.3, -0.25) is 24.1 Å². The molecule has 26 heteroatoms. The smallest absolute Gasteiger partial charge is 0.361 e. The van der Waals surface area contributed by atoms with Gasteiger partial charge in [0.05, 0.1) is 11.3 Å². The molecular formula is C60H54N6O15S5. The van der Waals surface area contributed by atoms with Gasteiger partial charge in [-0.1, -0.05) is 120 Å². The van der Waals surface area contributed by atoms with Crippen LogP contribution in [0.5, 0.6) is 23.1 Å². The second-order valence-corrected chi connectivity index (χ2v) is 25.0. The molecular weight excluding hydrogens is 1210 g/mol. The van der Waals surface area contributed by atoms with Crippen LogP contribution in [0.15, 0.2) is 164 Å². The number of nitrogens with zero attached hydrogens (tertiary/aromatic N) is 4. The minimum Gasteiger partial charge on any atom is -0.497 e. The zero-order chi connectivity index (χ0) is 61.3. The van der Waals surface area contributed by atoms with Crippen molar-refractivity contribution in [3.63, 3.8) is 0 Å². The lowest BCUT2D eigenvalue weighted by Crippen LogP contribution is -2.71. The van der Waals surface area contributed by atoms with Gasteiger partial charge >= 0.3 is 29.8 Å². The van der Waals surface area contributed by atoms with Gasteiger partial charge in [0.1, 0.15) is 51.9 Å². The van der Waals surface area contributed by atoms with Crippen molar-refractivity contribution in [3.05, 3.63) is 184 Å². The quantitative estimate of drug-likeness (QED) is 0.00677. The number of fused-ring (bicyclic) bond motifs is 1. The highest BCUT2D eigenvalue weighted by Gasteiger charge is 2.55. The first kappa shape index (κ1) is 61.9. The predicted molar refractivity (Wildman–Crippen MR) is 323 cm³/mol. The highest BCUT2D eigenvalue weighted by atomic mass is 32.2. The van der Waals surface area contributed by atoms with Gasteiger partial charge in [0.15, 0.2) is 22.3 Å². The lowest BCUT2D eigenvalue weighted by Gasteiger charge is -2.49. The zero-order valence-electron chi connectivity index (χ0n) is 46.7. The van der Waals surface area contributed by atoms with Crippen LogP contribution in [0.25, 0.3) is 0 Å². The summed E-state index contributed by atoms with van der Waals surface area (Å²) in [4.78, 5) is 107. The van der Waals surface area contributed by atoms with Crippen molar-refractivity contribution in [1.29, 1.82) is 0 Å². The second kappa shape index (κ2) is 27.1. The highest BCUT2D eigenvalue weighted by molar-refractivity contribution is 8.02. The minimum atomic E-state index is -1.68. The van der Waals surface area contributed by atoms with Gasteiger partial charge in [-0.2, -0.15) is 4.37 Å². The fourth-order valence-corrected chi connectivity index (χ4v) is 13.9. The molecule has 0 radical (unpaired) electrons. The number of hydrogen-bond acceptors (Lipinski definition) is 23. The van der Waals surface area contributed by atoms with Gasteiger partial charge in [0.25, 0.3) is 17.3 Å². The summed E-state index contributed by atoms with van der Waals surface area (Å²) in [7, 11) is 1.51. The SMILES string of the molecule is COc1ccc(COC(=O)C2=C(CSc3snc(O)c3C(=O)O)CSC3C(NC(=O)/C(=N\OC(Sc4ccc(OC(C)=O)c(OC(C)=O)c4)C(=O)OC(C)(C)C)c4csc(NC(c5ccccc5)(c5ccccc5)c5ccccc5)n4)C(=O)N23)cc1. The molecule has 2 aliphatic rings. The minimum absolute atomic E-state index is 0.0118. The Kier molecular flexibility index (Phi) is 19.5. The largest absolute Gasteiger partial charge is 0.497 e. The number of aromatic nitrogens is 2. The summed E-state index contributed by atoms with van der Waals surface area (Å²) in [6, 6.07) is 38.8. The van der Waals surface area contributed by atoms with Crippen molar-refractivity contribution in [1.82, 2.24) is 19.6 Å². The van der Waals surface area contributed by atoms with E-state index in [0.29, 0.717) is 22.0 Å². The molecule has 1 fully saturated rings. The Morgan fingerprint density at radius 1 is 0.837 bits per heavy atom. The average molecular weight is 1260 g/mol. The summed E-state index contributed by atoms with van der Waals surface area (Å²) in [5.41, 5.74) is -1.29. The molecule has 21 nitrogen and oxygen atoms in total. The van der Waals surface area contributed by atoms with Crippen LogP contribution in [0.3, 0.4) is 0 Å². The van der Waals surface area contributed by atoms with Gasteiger partial charge in [-0.05, 0) is 90.5 Å². The Bertz CT molecular complexity index is 3650. The maximum atomic E-state index is 15.1. The maximum absolute atomic E-state index is 15.1. The van der Waals surface area contributed by atoms with E-state index in [9.17, 15) is 39.0 Å². The van der Waals surface area contributed by atoms with Gasteiger partial charge < -0.3 is 49.4 Å². The number of oxime groups is 1. The average Bonchev–Trinajstić information content (AvgIpc) is 0.850. The lowest BCUT2D eigenvalue weighted by atomic mass is 9.77. The molecule has 444 valence electrons. The van der Waals surface area contributed by atoms with Crippen molar-refractivity contribution in [2.45, 2.75) is 78.3 Å². The van der Waals surface area contributed by atoms with Gasteiger partial charge in [0, 0.05) is 35.6 Å². The van der Waals surface area contributed by atoms with E-state index in [4.69, 9.17) is 33.5 Å². The lowest BCUT2D eigenvalue weighted by molar-refractivity contribution is -0.162. The van der Waals surface area contributed by atoms with Gasteiger partial charge in [0.2, 0.25) is 5.88 Å². The van der Waals surface area contributed by atoms with Crippen LogP contribution in [0.1, 0.15) is 72.9 Å². The molecule has 4 N–H and O–H groups in total. The first-order chi connectivity index (χ1) is 41.2. The van der Waals surface area contributed by atoms with Crippen LogP contribution in [-0.4, -0.2) is 113 Å². The number of thiazole rings is 1. The molecule has 0 saturated carbocycles. The number of rotatable bonds is 23. The maximum Gasteiger partial charge on any atom is 0.361 e.